The van der Waals surface area contributed by atoms with Crippen LogP contribution < -0.4 is 15.4 Å². The lowest BCUT2D eigenvalue weighted by Gasteiger charge is -2.16. The molecule has 0 saturated heterocycles. The van der Waals surface area contributed by atoms with E-state index >= 15 is 0 Å². The van der Waals surface area contributed by atoms with Gasteiger partial charge in [-0.05, 0) is 60.8 Å². The third-order valence-corrected chi connectivity index (χ3v) is 6.33. The summed E-state index contributed by atoms with van der Waals surface area (Å²) in [5, 5.41) is 4.67. The van der Waals surface area contributed by atoms with Crippen LogP contribution in [0, 0.1) is 0 Å². The molecule has 0 aliphatic heterocycles. The number of rotatable bonds is 4. The molecular formula is C19H21N5O4S. The van der Waals surface area contributed by atoms with E-state index in [1.54, 1.807) is 0 Å². The minimum absolute atomic E-state index is 0.0144. The van der Waals surface area contributed by atoms with Crippen molar-refractivity contribution in [3.05, 3.63) is 40.7 Å². The Labute approximate surface area is 168 Å². The molecule has 0 fully saturated rings. The first-order valence-corrected chi connectivity index (χ1v) is 10.9. The Morgan fingerprint density at radius 1 is 0.966 bits per heavy atom. The first-order chi connectivity index (χ1) is 13.8. The van der Waals surface area contributed by atoms with Crippen molar-refractivity contribution in [2.24, 2.45) is 0 Å². The summed E-state index contributed by atoms with van der Waals surface area (Å²) in [4.78, 5) is 31.3. The largest absolute Gasteiger partial charge is 0.333 e. The summed E-state index contributed by atoms with van der Waals surface area (Å²) in [5.74, 6) is -0.425. The Morgan fingerprint density at radius 2 is 1.62 bits per heavy atom. The highest BCUT2D eigenvalue weighted by molar-refractivity contribution is 7.90. The molecule has 0 saturated carbocycles. The van der Waals surface area contributed by atoms with Crippen molar-refractivity contribution in [2.45, 2.75) is 50.5 Å². The SMILES string of the molecule is CC(=O)Nc1cncc(S(=O)(=O)NC(=O)Nc2c3c(cc4c2CCC4)CCC3)n1. The quantitative estimate of drug-likeness (QED) is 0.699. The molecular weight excluding hydrogens is 394 g/mol. The molecule has 2 aliphatic rings. The molecule has 2 aromatic rings. The van der Waals surface area contributed by atoms with Gasteiger partial charge in [-0.2, -0.15) is 8.42 Å². The van der Waals surface area contributed by atoms with Gasteiger partial charge in [-0.15, -0.1) is 0 Å². The second-order valence-corrected chi connectivity index (χ2v) is 8.85. The van der Waals surface area contributed by atoms with E-state index in [4.69, 9.17) is 0 Å². The van der Waals surface area contributed by atoms with Crippen LogP contribution in [-0.4, -0.2) is 30.3 Å². The molecule has 1 aromatic carbocycles. The molecule has 29 heavy (non-hydrogen) atoms. The van der Waals surface area contributed by atoms with E-state index in [0.29, 0.717) is 0 Å². The molecule has 0 bridgehead atoms. The van der Waals surface area contributed by atoms with Gasteiger partial charge in [-0.1, -0.05) is 6.07 Å². The lowest BCUT2D eigenvalue weighted by atomic mass is 9.99. The average Bonchev–Trinajstić information content (AvgIpc) is 3.29. The van der Waals surface area contributed by atoms with E-state index in [0.717, 1.165) is 61.5 Å². The van der Waals surface area contributed by atoms with E-state index in [9.17, 15) is 18.0 Å². The standard InChI is InChI=1S/C19H21N5O4S/c1-11(25)21-16-9-20-10-17(22-16)29(27,28)24-19(26)23-18-14-6-2-4-12(14)8-13-5-3-7-15(13)18/h8-10H,2-7H2,1H3,(H,21,22,25)(H2,23,24,26). The summed E-state index contributed by atoms with van der Waals surface area (Å²) in [5.41, 5.74) is 5.42. The van der Waals surface area contributed by atoms with Gasteiger partial charge in [0.05, 0.1) is 12.4 Å². The number of carbonyl (C=O) groups is 2. The number of aromatic nitrogens is 2. The Bertz CT molecular complexity index is 1080. The van der Waals surface area contributed by atoms with Crippen molar-refractivity contribution in [3.8, 4) is 0 Å². The zero-order chi connectivity index (χ0) is 20.6. The molecule has 152 valence electrons. The topological polar surface area (TPSA) is 130 Å². The molecule has 3 N–H and O–H groups in total. The van der Waals surface area contributed by atoms with Crippen molar-refractivity contribution < 1.29 is 18.0 Å². The predicted molar refractivity (Wildman–Crippen MR) is 106 cm³/mol. The highest BCUT2D eigenvalue weighted by atomic mass is 32.2. The number of urea groups is 1. The summed E-state index contributed by atoms with van der Waals surface area (Å²) in [7, 11) is -4.25. The maximum absolute atomic E-state index is 12.6. The van der Waals surface area contributed by atoms with Crippen molar-refractivity contribution in [1.82, 2.24) is 14.7 Å². The van der Waals surface area contributed by atoms with Crippen LogP contribution in [0.25, 0.3) is 0 Å². The van der Waals surface area contributed by atoms with Crippen molar-refractivity contribution >= 4 is 33.5 Å². The molecule has 10 heteroatoms. The maximum Gasteiger partial charge on any atom is 0.333 e. The number of hydrogen-bond acceptors (Lipinski definition) is 6. The summed E-state index contributed by atoms with van der Waals surface area (Å²) >= 11 is 0. The van der Waals surface area contributed by atoms with Gasteiger partial charge in [0.1, 0.15) is 0 Å². The molecule has 1 heterocycles. The maximum atomic E-state index is 12.6. The van der Waals surface area contributed by atoms with E-state index < -0.39 is 27.0 Å². The number of sulfonamides is 1. The van der Waals surface area contributed by atoms with E-state index in [1.165, 1.54) is 24.2 Å². The first-order valence-electron chi connectivity index (χ1n) is 9.43. The van der Waals surface area contributed by atoms with Gasteiger partial charge in [0, 0.05) is 12.6 Å². The number of anilines is 2. The van der Waals surface area contributed by atoms with Gasteiger partial charge in [-0.3, -0.25) is 9.78 Å². The molecule has 0 spiro atoms. The molecule has 9 nitrogen and oxygen atoms in total. The Balaban J connectivity index is 1.56. The fraction of sp³-hybridized carbons (Fsp3) is 0.368. The number of aryl methyl sites for hydroxylation is 2. The molecule has 0 atom stereocenters. The normalized spacial score (nSPS) is 14.8. The molecule has 3 amide bonds. The Morgan fingerprint density at radius 3 is 2.24 bits per heavy atom. The van der Waals surface area contributed by atoms with Crippen LogP contribution in [0.5, 0.6) is 0 Å². The Kier molecular flexibility index (Phi) is 4.95. The van der Waals surface area contributed by atoms with Crippen LogP contribution in [0.15, 0.2) is 23.5 Å². The number of nitrogens with one attached hydrogen (secondary N) is 3. The van der Waals surface area contributed by atoms with Gasteiger partial charge < -0.3 is 10.6 Å². The number of hydrogen-bond donors (Lipinski definition) is 3. The average molecular weight is 415 g/mol. The fourth-order valence-electron chi connectivity index (χ4n) is 4.00. The molecule has 1 aromatic heterocycles. The smallest absolute Gasteiger partial charge is 0.310 e. The monoisotopic (exact) mass is 415 g/mol. The lowest BCUT2D eigenvalue weighted by Crippen LogP contribution is -2.35. The number of carbonyl (C=O) groups excluding carboxylic acids is 2. The predicted octanol–water partition coefficient (Wildman–Crippen LogP) is 1.92. The number of fused-ring (bicyclic) bond motifs is 2. The fourth-order valence-corrected chi connectivity index (χ4v) is 4.82. The zero-order valence-corrected chi connectivity index (χ0v) is 16.7. The van der Waals surface area contributed by atoms with Crippen molar-refractivity contribution in [3.63, 3.8) is 0 Å². The first kappa shape index (κ1) is 19.3. The van der Waals surface area contributed by atoms with Crippen LogP contribution in [0.2, 0.25) is 0 Å². The van der Waals surface area contributed by atoms with Crippen LogP contribution in [0.3, 0.4) is 0 Å². The third kappa shape index (κ3) is 3.93. The van der Waals surface area contributed by atoms with Crippen molar-refractivity contribution in [1.29, 1.82) is 0 Å². The summed E-state index contributed by atoms with van der Waals surface area (Å²) in [6.45, 7) is 1.27. The van der Waals surface area contributed by atoms with Gasteiger partial charge in [0.15, 0.2) is 10.8 Å². The number of benzene rings is 1. The van der Waals surface area contributed by atoms with Crippen LogP contribution in [0.1, 0.15) is 42.0 Å². The van der Waals surface area contributed by atoms with Gasteiger partial charge >= 0.3 is 6.03 Å². The minimum Gasteiger partial charge on any atom is -0.310 e. The van der Waals surface area contributed by atoms with Gasteiger partial charge in [0.2, 0.25) is 5.91 Å². The molecule has 4 rings (SSSR count). The molecule has 0 radical (unpaired) electrons. The second kappa shape index (κ2) is 7.43. The molecule has 0 unspecified atom stereocenters. The van der Waals surface area contributed by atoms with Crippen LogP contribution in [-0.2, 0) is 40.5 Å². The summed E-state index contributed by atoms with van der Waals surface area (Å²) in [6.07, 6.45) is 7.97. The second-order valence-electron chi connectivity index (χ2n) is 7.22. The highest BCUT2D eigenvalue weighted by Crippen LogP contribution is 2.38. The number of amides is 3. The van der Waals surface area contributed by atoms with E-state index in [-0.39, 0.29) is 5.82 Å². The lowest BCUT2D eigenvalue weighted by molar-refractivity contribution is -0.114. The zero-order valence-electron chi connectivity index (χ0n) is 15.9. The van der Waals surface area contributed by atoms with Crippen LogP contribution in [0.4, 0.5) is 16.3 Å². The highest BCUT2D eigenvalue weighted by Gasteiger charge is 2.27. The van der Waals surface area contributed by atoms with Gasteiger partial charge in [-0.25, -0.2) is 14.5 Å². The van der Waals surface area contributed by atoms with Crippen LogP contribution >= 0.6 is 0 Å². The van der Waals surface area contributed by atoms with Gasteiger partial charge in [0.25, 0.3) is 10.0 Å². The molecule has 2 aliphatic carbocycles. The van der Waals surface area contributed by atoms with Crippen molar-refractivity contribution in [2.75, 3.05) is 10.6 Å². The Hall–Kier alpha value is -3.01. The third-order valence-electron chi connectivity index (χ3n) is 5.13. The van der Waals surface area contributed by atoms with E-state index in [2.05, 4.69) is 26.7 Å². The number of nitrogens with zero attached hydrogens (tertiary/aromatic N) is 2. The minimum atomic E-state index is -4.25. The summed E-state index contributed by atoms with van der Waals surface area (Å²) in [6, 6.07) is 1.39. The summed E-state index contributed by atoms with van der Waals surface area (Å²) < 4.78 is 27.1. The van der Waals surface area contributed by atoms with E-state index in [1.807, 2.05) is 4.72 Å².